The van der Waals surface area contributed by atoms with Crippen LogP contribution in [0.25, 0.3) is 0 Å². The zero-order valence-corrected chi connectivity index (χ0v) is 12.4. The van der Waals surface area contributed by atoms with Gasteiger partial charge in [0.25, 0.3) is 0 Å². The van der Waals surface area contributed by atoms with Gasteiger partial charge in [-0.2, -0.15) is 5.10 Å². The quantitative estimate of drug-likeness (QED) is 0.538. The van der Waals surface area contributed by atoms with Gasteiger partial charge >= 0.3 is 0 Å². The number of aliphatic hydroxyl groups is 4. The van der Waals surface area contributed by atoms with E-state index in [9.17, 15) is 20.4 Å². The Hall–Kier alpha value is -0.320. The van der Waals surface area contributed by atoms with Crippen LogP contribution in [0.5, 0.6) is 0 Å². The van der Waals surface area contributed by atoms with Crippen molar-refractivity contribution in [2.24, 2.45) is 7.05 Å². The number of nitrogens with zero attached hydrogens (tertiary/aromatic N) is 3. The Bertz CT molecular complexity index is 452. The Labute approximate surface area is 119 Å². The van der Waals surface area contributed by atoms with Gasteiger partial charge in [0.2, 0.25) is 0 Å². The van der Waals surface area contributed by atoms with Gasteiger partial charge < -0.3 is 20.4 Å². The maximum atomic E-state index is 10.3. The van der Waals surface area contributed by atoms with E-state index in [0.29, 0.717) is 11.6 Å². The highest BCUT2D eigenvalue weighted by molar-refractivity contribution is 8.17. The Morgan fingerprint density at radius 3 is 2.37 bits per heavy atom. The van der Waals surface area contributed by atoms with Crippen LogP contribution in [0.2, 0.25) is 0 Å². The van der Waals surface area contributed by atoms with Gasteiger partial charge in [0.15, 0.2) is 9.90 Å². The summed E-state index contributed by atoms with van der Waals surface area (Å²) in [4.78, 5) is 4.27. The van der Waals surface area contributed by atoms with Gasteiger partial charge in [0.1, 0.15) is 29.6 Å². The Kier molecular flexibility index (Phi) is 4.15. The molecule has 0 bridgehead atoms. The van der Waals surface area contributed by atoms with Crippen LogP contribution in [0, 0.1) is 6.92 Å². The predicted octanol–water partition coefficient (Wildman–Crippen LogP) is -1.21. The van der Waals surface area contributed by atoms with Crippen molar-refractivity contribution >= 4 is 23.5 Å². The summed E-state index contributed by atoms with van der Waals surface area (Å²) in [5, 5.41) is 43.8. The van der Waals surface area contributed by atoms with E-state index in [2.05, 4.69) is 10.1 Å². The van der Waals surface area contributed by atoms with Crippen LogP contribution in [-0.4, -0.2) is 65.2 Å². The van der Waals surface area contributed by atoms with E-state index in [1.54, 1.807) is 24.9 Å². The summed E-state index contributed by atoms with van der Waals surface area (Å²) >= 11 is 2.18. The lowest BCUT2D eigenvalue weighted by Crippen LogP contribution is -2.57. The fraction of sp³-hybridized carbons (Fsp3) is 0.800. The predicted molar refractivity (Wildman–Crippen MR) is 72.6 cm³/mol. The first-order chi connectivity index (χ1) is 8.83. The summed E-state index contributed by atoms with van der Waals surface area (Å²) in [5.41, 5.74) is -1.21. The third-order valence-electron chi connectivity index (χ3n) is 3.25. The van der Waals surface area contributed by atoms with E-state index < -0.39 is 27.8 Å². The highest BCUT2D eigenvalue weighted by Gasteiger charge is 2.55. The van der Waals surface area contributed by atoms with Crippen molar-refractivity contribution in [1.29, 1.82) is 0 Å². The second-order valence-corrected chi connectivity index (χ2v) is 7.09. The van der Waals surface area contributed by atoms with E-state index in [-0.39, 0.29) is 0 Å². The summed E-state index contributed by atoms with van der Waals surface area (Å²) in [5.74, 6) is 0.980. The minimum absolute atomic E-state index is 0.322. The number of aliphatic hydroxyl groups excluding tert-OH is 4. The maximum Gasteiger partial charge on any atom is 0.179 e. The molecular formula is C10H17N3O4S2. The van der Waals surface area contributed by atoms with Gasteiger partial charge in [0, 0.05) is 7.05 Å². The molecule has 108 valence electrons. The van der Waals surface area contributed by atoms with Crippen molar-refractivity contribution in [2.45, 2.75) is 34.8 Å². The molecule has 0 unspecified atom stereocenters. The first-order valence-corrected chi connectivity index (χ1v) is 7.77. The smallest absolute Gasteiger partial charge is 0.179 e. The molecule has 0 spiro atoms. The highest BCUT2D eigenvalue weighted by atomic mass is 32.2. The van der Waals surface area contributed by atoms with Crippen LogP contribution >= 0.6 is 23.5 Å². The molecule has 1 saturated heterocycles. The number of thioether (sulfide) groups is 2. The van der Waals surface area contributed by atoms with Gasteiger partial charge in [-0.15, -0.1) is 11.8 Å². The minimum Gasteiger partial charge on any atom is -0.387 e. The van der Waals surface area contributed by atoms with E-state index in [1.165, 1.54) is 11.8 Å². The Morgan fingerprint density at radius 1 is 1.26 bits per heavy atom. The monoisotopic (exact) mass is 307 g/mol. The van der Waals surface area contributed by atoms with Gasteiger partial charge in [-0.25, -0.2) is 4.98 Å². The molecule has 0 aliphatic carbocycles. The number of aromatic nitrogens is 3. The van der Waals surface area contributed by atoms with Crippen molar-refractivity contribution in [1.82, 2.24) is 14.8 Å². The standard InChI is InChI=1S/C10H17N3O4S2/c1-4-11-9(12-13(4)2)10(18-3)7(16)5(14)6(15)8(17)19-10/h5-8,14-17H,1-3H3/t5-,6+,7+,8+,10-/m1/s1. The minimum atomic E-state index is -1.45. The summed E-state index contributed by atoms with van der Waals surface area (Å²) in [6.07, 6.45) is -2.40. The molecule has 1 aliphatic rings. The summed E-state index contributed by atoms with van der Waals surface area (Å²) in [6.45, 7) is 1.77. The lowest BCUT2D eigenvalue weighted by atomic mass is 10.0. The molecule has 2 rings (SSSR count). The van der Waals surface area contributed by atoms with Gasteiger partial charge in [-0.3, -0.25) is 4.68 Å². The Morgan fingerprint density at radius 2 is 1.89 bits per heavy atom. The van der Waals surface area contributed by atoms with Crippen molar-refractivity contribution in [3.63, 3.8) is 0 Å². The molecule has 1 aliphatic heterocycles. The third kappa shape index (κ3) is 2.28. The largest absolute Gasteiger partial charge is 0.387 e. The lowest BCUT2D eigenvalue weighted by molar-refractivity contribution is -0.0970. The zero-order valence-electron chi connectivity index (χ0n) is 10.8. The molecule has 0 saturated carbocycles. The van der Waals surface area contributed by atoms with E-state index in [1.807, 2.05) is 0 Å². The van der Waals surface area contributed by atoms with Gasteiger partial charge in [-0.1, -0.05) is 11.8 Å². The molecule has 1 fully saturated rings. The topological polar surface area (TPSA) is 112 Å². The van der Waals surface area contributed by atoms with E-state index in [0.717, 1.165) is 11.8 Å². The molecular weight excluding hydrogens is 290 g/mol. The van der Waals surface area contributed by atoms with Crippen LogP contribution in [0.4, 0.5) is 0 Å². The number of rotatable bonds is 2. The summed E-state index contributed by atoms with van der Waals surface area (Å²) < 4.78 is 0.453. The lowest BCUT2D eigenvalue weighted by Gasteiger charge is -2.44. The van der Waals surface area contributed by atoms with Crippen molar-refractivity contribution in [3.05, 3.63) is 11.6 Å². The molecule has 1 aromatic rings. The summed E-state index contributed by atoms with van der Waals surface area (Å²) in [7, 11) is 1.72. The summed E-state index contributed by atoms with van der Waals surface area (Å²) in [6, 6.07) is 0. The normalized spacial score (nSPS) is 39.5. The molecule has 2 heterocycles. The fourth-order valence-electron chi connectivity index (χ4n) is 1.95. The maximum absolute atomic E-state index is 10.3. The van der Waals surface area contributed by atoms with Gasteiger partial charge in [-0.05, 0) is 13.2 Å². The highest BCUT2D eigenvalue weighted by Crippen LogP contribution is 2.53. The van der Waals surface area contributed by atoms with E-state index >= 15 is 0 Å². The molecule has 7 nitrogen and oxygen atoms in total. The molecule has 0 amide bonds. The fourth-order valence-corrected chi connectivity index (χ4v) is 4.41. The molecule has 4 N–H and O–H groups in total. The number of hydrogen-bond donors (Lipinski definition) is 4. The van der Waals surface area contributed by atoms with Crippen LogP contribution in [0.15, 0.2) is 0 Å². The van der Waals surface area contributed by atoms with Crippen molar-refractivity contribution in [2.75, 3.05) is 6.26 Å². The second kappa shape index (κ2) is 5.23. The molecule has 19 heavy (non-hydrogen) atoms. The van der Waals surface area contributed by atoms with Crippen LogP contribution in [-0.2, 0) is 11.1 Å². The number of hydrogen-bond acceptors (Lipinski definition) is 8. The SMILES string of the molecule is CS[C@@]1(c2nc(C)n(C)n2)S[C@H](O)[C@@H](O)[C@@H](O)[C@@H]1O. The van der Waals surface area contributed by atoms with Crippen molar-refractivity contribution in [3.8, 4) is 0 Å². The van der Waals surface area contributed by atoms with Crippen LogP contribution < -0.4 is 0 Å². The zero-order chi connectivity index (χ0) is 14.4. The first kappa shape index (κ1) is 15.1. The molecule has 0 radical (unpaired) electrons. The average Bonchev–Trinajstić information content (AvgIpc) is 2.72. The molecule has 1 aromatic heterocycles. The van der Waals surface area contributed by atoms with Crippen LogP contribution in [0.1, 0.15) is 11.6 Å². The molecule has 0 aromatic carbocycles. The third-order valence-corrected chi connectivity index (χ3v) is 6.36. The van der Waals surface area contributed by atoms with Gasteiger partial charge in [0.05, 0.1) is 0 Å². The number of aryl methyl sites for hydroxylation is 2. The second-order valence-electron chi connectivity index (χ2n) is 4.41. The molecule has 5 atom stereocenters. The average molecular weight is 307 g/mol. The van der Waals surface area contributed by atoms with Crippen molar-refractivity contribution < 1.29 is 20.4 Å². The molecule has 9 heteroatoms. The Balaban J connectivity index is 2.47. The van der Waals surface area contributed by atoms with E-state index in [4.69, 9.17) is 0 Å². The van der Waals surface area contributed by atoms with Crippen LogP contribution in [0.3, 0.4) is 0 Å². The first-order valence-electron chi connectivity index (χ1n) is 5.67.